The van der Waals surface area contributed by atoms with Gasteiger partial charge in [-0.1, -0.05) is 18.2 Å². The molecule has 1 N–H and O–H groups in total. The molecule has 0 spiro atoms. The second kappa shape index (κ2) is 7.95. The van der Waals surface area contributed by atoms with E-state index in [4.69, 9.17) is 0 Å². The SMILES string of the molecule is CSC[C@H]1CCCN(C(=O)NCc2ccccc2C(F)(F)F)C1. The van der Waals surface area contributed by atoms with Crippen molar-refractivity contribution >= 4 is 17.8 Å². The summed E-state index contributed by atoms with van der Waals surface area (Å²) < 4.78 is 38.8. The molecule has 0 bridgehead atoms. The molecule has 3 nitrogen and oxygen atoms in total. The lowest BCUT2D eigenvalue weighted by Crippen LogP contribution is -2.45. The van der Waals surface area contributed by atoms with Crippen molar-refractivity contribution in [3.63, 3.8) is 0 Å². The number of hydrogen-bond donors (Lipinski definition) is 1. The summed E-state index contributed by atoms with van der Waals surface area (Å²) >= 11 is 1.75. The van der Waals surface area contributed by atoms with Gasteiger partial charge in [0.2, 0.25) is 0 Å². The van der Waals surface area contributed by atoms with E-state index in [2.05, 4.69) is 5.32 Å². The molecule has 2 rings (SSSR count). The Morgan fingerprint density at radius 2 is 2.13 bits per heavy atom. The highest BCUT2D eigenvalue weighted by Gasteiger charge is 2.33. The highest BCUT2D eigenvalue weighted by molar-refractivity contribution is 7.98. The third-order valence-electron chi connectivity index (χ3n) is 3.96. The quantitative estimate of drug-likeness (QED) is 0.894. The molecule has 1 aromatic rings. The summed E-state index contributed by atoms with van der Waals surface area (Å²) in [5, 5.41) is 2.62. The number of urea groups is 1. The monoisotopic (exact) mass is 346 g/mol. The van der Waals surface area contributed by atoms with Gasteiger partial charge in [-0.2, -0.15) is 24.9 Å². The number of benzene rings is 1. The number of carbonyl (C=O) groups is 1. The molecule has 1 aliphatic rings. The zero-order chi connectivity index (χ0) is 16.9. The summed E-state index contributed by atoms with van der Waals surface area (Å²) in [7, 11) is 0. The van der Waals surface area contributed by atoms with E-state index in [1.807, 2.05) is 6.26 Å². The Morgan fingerprint density at radius 3 is 2.83 bits per heavy atom. The van der Waals surface area contributed by atoms with Crippen LogP contribution in [0.4, 0.5) is 18.0 Å². The third kappa shape index (κ3) is 5.06. The van der Waals surface area contributed by atoms with Gasteiger partial charge in [-0.3, -0.25) is 0 Å². The van der Waals surface area contributed by atoms with Crippen molar-refractivity contribution in [3.8, 4) is 0 Å². The first kappa shape index (κ1) is 18.0. The maximum atomic E-state index is 12.9. The summed E-state index contributed by atoms with van der Waals surface area (Å²) in [4.78, 5) is 13.9. The van der Waals surface area contributed by atoms with Crippen molar-refractivity contribution in [1.82, 2.24) is 10.2 Å². The number of alkyl halides is 3. The van der Waals surface area contributed by atoms with Crippen LogP contribution in [-0.2, 0) is 12.7 Å². The number of halogens is 3. The Bertz CT molecular complexity index is 534. The van der Waals surface area contributed by atoms with Crippen molar-refractivity contribution in [1.29, 1.82) is 0 Å². The molecule has 1 fully saturated rings. The van der Waals surface area contributed by atoms with Crippen LogP contribution in [0.3, 0.4) is 0 Å². The first-order valence-corrected chi connectivity index (χ1v) is 8.98. The number of nitrogens with one attached hydrogen (secondary N) is 1. The van der Waals surface area contributed by atoms with Crippen LogP contribution in [0.15, 0.2) is 24.3 Å². The standard InChI is InChI=1S/C16H21F3N2OS/c1-23-11-12-5-4-8-21(10-12)15(22)20-9-13-6-2-3-7-14(13)16(17,18)19/h2-3,6-7,12H,4-5,8-11H2,1H3,(H,20,22)/t12-/m0/s1. The van der Waals surface area contributed by atoms with E-state index in [1.165, 1.54) is 12.1 Å². The number of hydrogen-bond acceptors (Lipinski definition) is 2. The van der Waals surface area contributed by atoms with Crippen molar-refractivity contribution in [2.24, 2.45) is 5.92 Å². The van der Waals surface area contributed by atoms with Crippen molar-refractivity contribution in [3.05, 3.63) is 35.4 Å². The van der Waals surface area contributed by atoms with Crippen LogP contribution in [0, 0.1) is 5.92 Å². The number of thioether (sulfide) groups is 1. The lowest BCUT2D eigenvalue weighted by atomic mass is 10.0. The summed E-state index contributed by atoms with van der Waals surface area (Å²) in [6.07, 6.45) is -0.331. The van der Waals surface area contributed by atoms with Crippen LogP contribution in [0.25, 0.3) is 0 Å². The maximum absolute atomic E-state index is 12.9. The molecular formula is C16H21F3N2OS. The molecule has 0 radical (unpaired) electrons. The molecule has 1 saturated heterocycles. The van der Waals surface area contributed by atoms with Gasteiger partial charge in [0.15, 0.2) is 0 Å². The fourth-order valence-corrected chi connectivity index (χ4v) is 3.60. The highest BCUT2D eigenvalue weighted by atomic mass is 32.2. The molecule has 128 valence electrons. The normalized spacial score (nSPS) is 18.8. The Hall–Kier alpha value is -1.37. The number of amides is 2. The third-order valence-corrected chi connectivity index (χ3v) is 4.77. The molecule has 23 heavy (non-hydrogen) atoms. The predicted octanol–water partition coefficient (Wildman–Crippen LogP) is 3.99. The largest absolute Gasteiger partial charge is 0.416 e. The molecule has 1 aromatic carbocycles. The van der Waals surface area contributed by atoms with E-state index in [9.17, 15) is 18.0 Å². The summed E-state index contributed by atoms with van der Waals surface area (Å²) in [5.41, 5.74) is -0.606. The van der Waals surface area contributed by atoms with E-state index >= 15 is 0 Å². The Labute approximate surface area is 138 Å². The average molecular weight is 346 g/mol. The smallest absolute Gasteiger partial charge is 0.334 e. The van der Waals surface area contributed by atoms with Crippen molar-refractivity contribution in [2.45, 2.75) is 25.6 Å². The van der Waals surface area contributed by atoms with E-state index in [-0.39, 0.29) is 18.1 Å². The van der Waals surface area contributed by atoms with E-state index in [1.54, 1.807) is 22.7 Å². The molecule has 0 saturated carbocycles. The number of likely N-dealkylation sites (tertiary alicyclic amines) is 1. The summed E-state index contributed by atoms with van der Waals surface area (Å²) in [6, 6.07) is 5.05. The Morgan fingerprint density at radius 1 is 1.39 bits per heavy atom. The number of carbonyl (C=O) groups excluding carboxylic acids is 1. The molecule has 0 aliphatic carbocycles. The van der Waals surface area contributed by atoms with Crippen LogP contribution in [0.5, 0.6) is 0 Å². The van der Waals surface area contributed by atoms with Gasteiger partial charge < -0.3 is 10.2 Å². The van der Waals surface area contributed by atoms with Gasteiger partial charge in [0.1, 0.15) is 0 Å². The van der Waals surface area contributed by atoms with Crippen LogP contribution < -0.4 is 5.32 Å². The minimum absolute atomic E-state index is 0.0889. The lowest BCUT2D eigenvalue weighted by Gasteiger charge is -2.32. The zero-order valence-electron chi connectivity index (χ0n) is 13.0. The molecule has 1 aliphatic heterocycles. The van der Waals surface area contributed by atoms with Gasteiger partial charge in [-0.05, 0) is 42.4 Å². The molecule has 0 aromatic heterocycles. The second-order valence-electron chi connectivity index (χ2n) is 5.72. The van der Waals surface area contributed by atoms with Crippen molar-refractivity contribution < 1.29 is 18.0 Å². The van der Waals surface area contributed by atoms with Crippen LogP contribution in [-0.4, -0.2) is 36.0 Å². The average Bonchev–Trinajstić information content (AvgIpc) is 2.52. The van der Waals surface area contributed by atoms with E-state index < -0.39 is 11.7 Å². The van der Waals surface area contributed by atoms with E-state index in [0.717, 1.165) is 24.7 Å². The summed E-state index contributed by atoms with van der Waals surface area (Å²) in [5.74, 6) is 1.47. The van der Waals surface area contributed by atoms with Crippen LogP contribution in [0.2, 0.25) is 0 Å². The fourth-order valence-electron chi connectivity index (χ4n) is 2.85. The topological polar surface area (TPSA) is 32.3 Å². The van der Waals surface area contributed by atoms with Gasteiger partial charge in [-0.15, -0.1) is 0 Å². The fraction of sp³-hybridized carbons (Fsp3) is 0.562. The van der Waals surface area contributed by atoms with Gasteiger partial charge in [0, 0.05) is 19.6 Å². The highest BCUT2D eigenvalue weighted by Crippen LogP contribution is 2.31. The molecular weight excluding hydrogens is 325 g/mol. The summed E-state index contributed by atoms with van der Waals surface area (Å²) in [6.45, 7) is 1.23. The van der Waals surface area contributed by atoms with E-state index in [0.29, 0.717) is 19.0 Å². The van der Waals surface area contributed by atoms with Gasteiger partial charge in [0.05, 0.1) is 5.56 Å². The molecule has 1 atom stereocenters. The first-order valence-electron chi connectivity index (χ1n) is 7.58. The van der Waals surface area contributed by atoms with Crippen LogP contribution >= 0.6 is 11.8 Å². The molecule has 1 heterocycles. The minimum Gasteiger partial charge on any atom is -0.334 e. The zero-order valence-corrected chi connectivity index (χ0v) is 13.8. The maximum Gasteiger partial charge on any atom is 0.416 e. The number of nitrogens with zero attached hydrogens (tertiary/aromatic N) is 1. The predicted molar refractivity (Wildman–Crippen MR) is 86.4 cm³/mol. The lowest BCUT2D eigenvalue weighted by molar-refractivity contribution is -0.138. The van der Waals surface area contributed by atoms with Gasteiger partial charge in [-0.25, -0.2) is 4.79 Å². The first-order chi connectivity index (χ1) is 10.9. The van der Waals surface area contributed by atoms with Gasteiger partial charge in [0.25, 0.3) is 0 Å². The number of piperidine rings is 1. The van der Waals surface area contributed by atoms with Gasteiger partial charge >= 0.3 is 12.2 Å². The molecule has 0 unspecified atom stereocenters. The number of rotatable bonds is 4. The second-order valence-corrected chi connectivity index (χ2v) is 6.63. The molecule has 2 amide bonds. The van der Waals surface area contributed by atoms with Crippen molar-refractivity contribution in [2.75, 3.05) is 25.1 Å². The Balaban J connectivity index is 1.95. The van der Waals surface area contributed by atoms with Crippen LogP contribution in [0.1, 0.15) is 24.0 Å². The molecule has 7 heteroatoms. The minimum atomic E-state index is -4.41. The Kier molecular flexibility index (Phi) is 6.21.